The third-order valence-corrected chi connectivity index (χ3v) is 6.73. The molecular weight excluding hydrogens is 478 g/mol. The van der Waals surface area contributed by atoms with Gasteiger partial charge in [-0.15, -0.1) is 0 Å². The quantitative estimate of drug-likeness (QED) is 0.212. The molecule has 1 aliphatic rings. The van der Waals surface area contributed by atoms with Crippen molar-refractivity contribution in [3.05, 3.63) is 60.7 Å². The minimum absolute atomic E-state index is 0.199. The molecule has 7 N–H and O–H groups in total. The van der Waals surface area contributed by atoms with Crippen LogP contribution in [-0.4, -0.2) is 83.2 Å². The van der Waals surface area contributed by atoms with Gasteiger partial charge in [-0.3, -0.25) is 14.3 Å². The van der Waals surface area contributed by atoms with Crippen LogP contribution in [0.4, 0.5) is 5.82 Å². The molecule has 3 heterocycles. The molecule has 2 aromatic carbocycles. The number of anilines is 1. The number of nitrogen functional groups attached to an aromatic ring is 1. The van der Waals surface area contributed by atoms with Crippen LogP contribution in [0, 0.1) is 0 Å². The molecule has 0 spiro atoms. The Kier molecular flexibility index (Phi) is 7.00. The lowest BCUT2D eigenvalue weighted by Crippen LogP contribution is -2.42. The fourth-order valence-electron chi connectivity index (χ4n) is 4.70. The Labute approximate surface area is 212 Å². The number of imidazole rings is 1. The largest absolute Gasteiger partial charge is 0.480 e. The minimum Gasteiger partial charge on any atom is -0.480 e. The van der Waals surface area contributed by atoms with Gasteiger partial charge in [0.05, 0.1) is 6.33 Å². The van der Waals surface area contributed by atoms with E-state index < -0.39 is 36.6 Å². The summed E-state index contributed by atoms with van der Waals surface area (Å²) in [5.41, 5.74) is 13.4. The number of fused-ring (bicyclic) bond motifs is 2. The number of benzene rings is 2. The first kappa shape index (κ1) is 25.0. The summed E-state index contributed by atoms with van der Waals surface area (Å²) in [4.78, 5) is 25.6. The van der Waals surface area contributed by atoms with Crippen LogP contribution >= 0.6 is 0 Å². The highest BCUT2D eigenvalue weighted by Gasteiger charge is 2.45. The Bertz CT molecular complexity index is 1410. The molecule has 12 heteroatoms. The number of nitrogens with two attached hydrogens (primary N) is 2. The van der Waals surface area contributed by atoms with E-state index in [2.05, 4.69) is 21.0 Å². The lowest BCUT2D eigenvalue weighted by molar-refractivity contribution is -0.138. The van der Waals surface area contributed by atoms with Crippen molar-refractivity contribution in [2.24, 2.45) is 5.73 Å². The Morgan fingerprint density at radius 1 is 1.11 bits per heavy atom. The first-order valence-electron chi connectivity index (χ1n) is 11.9. The van der Waals surface area contributed by atoms with Gasteiger partial charge in [-0.2, -0.15) is 0 Å². The van der Waals surface area contributed by atoms with E-state index in [1.54, 1.807) is 0 Å². The Morgan fingerprint density at radius 2 is 1.89 bits per heavy atom. The number of rotatable bonds is 9. The number of aliphatic hydroxyl groups is 2. The molecule has 0 radical (unpaired) electrons. The van der Waals surface area contributed by atoms with Gasteiger partial charge >= 0.3 is 5.97 Å². The zero-order valence-corrected chi connectivity index (χ0v) is 20.0. The number of aromatic nitrogens is 4. The lowest BCUT2D eigenvalue weighted by Gasteiger charge is -2.27. The van der Waals surface area contributed by atoms with E-state index in [0.717, 1.165) is 16.3 Å². The van der Waals surface area contributed by atoms with Crippen LogP contribution in [0.1, 0.15) is 18.2 Å². The van der Waals surface area contributed by atoms with Gasteiger partial charge < -0.3 is 31.5 Å². The maximum atomic E-state index is 11.3. The standard InChI is InChI=1S/C25H29N7O5/c26-17(25(35)36)7-8-31(10-14-5-6-15-3-1-2-4-16(15)9-14)11-18-20(33)21(34)24(37-18)32-13-30-19-22(27)28-12-29-23(19)32/h1-6,9,12-13,17-18,20-21,24,33-34H,7-8,10-11,26H2,(H,35,36)(H2,27,28,29)/t17-,18+,20-,21?,24+/m0/s1. The molecule has 0 bridgehead atoms. The second kappa shape index (κ2) is 10.4. The molecular formula is C25H29N7O5. The van der Waals surface area contributed by atoms with Gasteiger partial charge in [0.1, 0.15) is 36.2 Å². The van der Waals surface area contributed by atoms with Crippen molar-refractivity contribution < 1.29 is 24.9 Å². The maximum absolute atomic E-state index is 11.3. The fraction of sp³-hybridized carbons (Fsp3) is 0.360. The zero-order chi connectivity index (χ0) is 26.1. The van der Waals surface area contributed by atoms with Crippen LogP contribution in [-0.2, 0) is 16.1 Å². The van der Waals surface area contributed by atoms with E-state index >= 15 is 0 Å². The molecule has 1 unspecified atom stereocenters. The molecule has 4 aromatic rings. The van der Waals surface area contributed by atoms with Gasteiger partial charge in [-0.05, 0) is 28.8 Å². The summed E-state index contributed by atoms with van der Waals surface area (Å²) in [5, 5.41) is 33.1. The highest BCUT2D eigenvalue weighted by molar-refractivity contribution is 5.83. The number of carboxylic acid groups (broad SMARTS) is 1. The Balaban J connectivity index is 1.36. The molecule has 2 aromatic heterocycles. The Hall–Kier alpha value is -3.68. The van der Waals surface area contributed by atoms with Crippen molar-refractivity contribution in [2.75, 3.05) is 18.8 Å². The molecule has 12 nitrogen and oxygen atoms in total. The molecule has 1 saturated heterocycles. The van der Waals surface area contributed by atoms with Gasteiger partial charge in [0.2, 0.25) is 0 Å². The summed E-state index contributed by atoms with van der Waals surface area (Å²) in [6.07, 6.45) is -1.21. The van der Waals surface area contributed by atoms with Crippen LogP contribution < -0.4 is 11.5 Å². The molecule has 194 valence electrons. The lowest BCUT2D eigenvalue weighted by atomic mass is 10.1. The van der Waals surface area contributed by atoms with E-state index in [1.165, 1.54) is 17.2 Å². The summed E-state index contributed by atoms with van der Waals surface area (Å²) in [7, 11) is 0. The van der Waals surface area contributed by atoms with Crippen molar-refractivity contribution >= 4 is 33.7 Å². The predicted molar refractivity (Wildman–Crippen MR) is 135 cm³/mol. The van der Waals surface area contributed by atoms with E-state index in [4.69, 9.17) is 16.2 Å². The highest BCUT2D eigenvalue weighted by atomic mass is 16.6. The number of carbonyl (C=O) groups is 1. The number of hydrogen-bond acceptors (Lipinski definition) is 10. The number of ether oxygens (including phenoxy) is 1. The van der Waals surface area contributed by atoms with Crippen LogP contribution in [0.3, 0.4) is 0 Å². The first-order chi connectivity index (χ1) is 17.8. The second-order valence-corrected chi connectivity index (χ2v) is 9.28. The summed E-state index contributed by atoms with van der Waals surface area (Å²) in [5.74, 6) is -0.879. The molecule has 1 fully saturated rings. The van der Waals surface area contributed by atoms with Crippen LogP contribution in [0.5, 0.6) is 0 Å². The third-order valence-electron chi connectivity index (χ3n) is 6.73. The third kappa shape index (κ3) is 5.10. The topological polar surface area (TPSA) is 186 Å². The van der Waals surface area contributed by atoms with Crippen molar-refractivity contribution in [3.8, 4) is 0 Å². The SMILES string of the molecule is Nc1ncnc2c1ncn2[C@@H]1O[C@H](CN(CC[C@H](N)C(=O)O)Cc2ccc3ccccc3c2)[C@H](O)C1O. The number of nitrogens with zero attached hydrogens (tertiary/aromatic N) is 5. The van der Waals surface area contributed by atoms with Crippen LogP contribution in [0.2, 0.25) is 0 Å². The molecule has 5 rings (SSSR count). The second-order valence-electron chi connectivity index (χ2n) is 9.28. The predicted octanol–water partition coefficient (Wildman–Crippen LogP) is 0.485. The molecule has 0 saturated carbocycles. The molecule has 0 amide bonds. The van der Waals surface area contributed by atoms with E-state index in [-0.39, 0.29) is 18.8 Å². The number of hydrogen-bond donors (Lipinski definition) is 5. The van der Waals surface area contributed by atoms with Gasteiger partial charge in [0.15, 0.2) is 17.7 Å². The van der Waals surface area contributed by atoms with Gasteiger partial charge in [0, 0.05) is 19.6 Å². The Morgan fingerprint density at radius 3 is 2.68 bits per heavy atom. The van der Waals surface area contributed by atoms with E-state index in [9.17, 15) is 20.1 Å². The zero-order valence-electron chi connectivity index (χ0n) is 20.0. The number of aliphatic hydroxyl groups excluding tert-OH is 2. The number of aliphatic carboxylic acids is 1. The van der Waals surface area contributed by atoms with E-state index in [1.807, 2.05) is 41.3 Å². The molecule has 0 aliphatic carbocycles. The minimum atomic E-state index is -1.25. The van der Waals surface area contributed by atoms with Crippen molar-refractivity contribution in [3.63, 3.8) is 0 Å². The highest BCUT2D eigenvalue weighted by Crippen LogP contribution is 2.32. The normalized spacial score (nSPS) is 22.7. The van der Waals surface area contributed by atoms with Gasteiger partial charge in [-0.1, -0.05) is 36.4 Å². The summed E-state index contributed by atoms with van der Waals surface area (Å²) in [6, 6.07) is 13.1. The van der Waals surface area contributed by atoms with Crippen LogP contribution in [0.15, 0.2) is 55.1 Å². The maximum Gasteiger partial charge on any atom is 0.320 e. The van der Waals surface area contributed by atoms with E-state index in [0.29, 0.717) is 24.3 Å². The average molecular weight is 508 g/mol. The summed E-state index contributed by atoms with van der Waals surface area (Å²) < 4.78 is 7.63. The smallest absolute Gasteiger partial charge is 0.320 e. The van der Waals surface area contributed by atoms with Gasteiger partial charge in [-0.25, -0.2) is 15.0 Å². The summed E-state index contributed by atoms with van der Waals surface area (Å²) in [6.45, 7) is 1.06. The molecule has 37 heavy (non-hydrogen) atoms. The molecule has 5 atom stereocenters. The van der Waals surface area contributed by atoms with Crippen molar-refractivity contribution in [1.82, 2.24) is 24.4 Å². The fourth-order valence-corrected chi connectivity index (χ4v) is 4.70. The summed E-state index contributed by atoms with van der Waals surface area (Å²) >= 11 is 0. The van der Waals surface area contributed by atoms with Crippen LogP contribution in [0.25, 0.3) is 21.9 Å². The first-order valence-corrected chi connectivity index (χ1v) is 11.9. The number of carboxylic acids is 1. The average Bonchev–Trinajstić information content (AvgIpc) is 3.44. The monoisotopic (exact) mass is 507 g/mol. The van der Waals surface area contributed by atoms with Gasteiger partial charge in [0.25, 0.3) is 0 Å². The van der Waals surface area contributed by atoms with Crippen molar-refractivity contribution in [1.29, 1.82) is 0 Å². The molecule has 1 aliphatic heterocycles. The van der Waals surface area contributed by atoms with Crippen molar-refractivity contribution in [2.45, 2.75) is 43.5 Å².